The molecule has 2 aromatic carbocycles. The molecule has 1 heterocycles. The van der Waals surface area contributed by atoms with Crippen molar-refractivity contribution in [2.45, 2.75) is 64.6 Å². The Morgan fingerprint density at radius 3 is 2.26 bits per heavy atom. The van der Waals surface area contributed by atoms with Crippen LogP contribution in [0.2, 0.25) is 0 Å². The van der Waals surface area contributed by atoms with Gasteiger partial charge in [-0.3, -0.25) is 9.59 Å². The number of hydrogen-bond donors (Lipinski definition) is 1. The molecule has 0 radical (unpaired) electrons. The van der Waals surface area contributed by atoms with Crippen LogP contribution in [0.3, 0.4) is 0 Å². The van der Waals surface area contributed by atoms with Crippen molar-refractivity contribution in [3.63, 3.8) is 0 Å². The molecular formula is C28H34N2O4. The fourth-order valence-electron chi connectivity index (χ4n) is 5.03. The summed E-state index contributed by atoms with van der Waals surface area (Å²) in [5, 5.41) is 11.4. The minimum Gasteiger partial charge on any atom is -0.507 e. The molecule has 2 aromatic rings. The number of aliphatic hydroxyl groups excluding tert-OH is 1. The lowest BCUT2D eigenvalue weighted by Crippen LogP contribution is -2.37. The fraction of sp³-hybridized carbons (Fsp3) is 0.429. The van der Waals surface area contributed by atoms with Gasteiger partial charge in [0.25, 0.3) is 11.7 Å². The first-order valence-electron chi connectivity index (χ1n) is 12.0. The second-order valence-corrected chi connectivity index (χ2v) is 9.78. The number of anilines is 1. The van der Waals surface area contributed by atoms with Gasteiger partial charge in [-0.1, -0.05) is 25.0 Å². The van der Waals surface area contributed by atoms with Crippen LogP contribution < -0.4 is 9.64 Å². The van der Waals surface area contributed by atoms with Crippen LogP contribution in [0.4, 0.5) is 5.69 Å². The number of carbonyl (C=O) groups excluding carboxylic acids is 2. The van der Waals surface area contributed by atoms with Crippen molar-refractivity contribution in [2.75, 3.05) is 19.0 Å². The van der Waals surface area contributed by atoms with Crippen LogP contribution in [-0.2, 0) is 9.59 Å². The summed E-state index contributed by atoms with van der Waals surface area (Å²) in [4.78, 5) is 30.3. The zero-order chi connectivity index (χ0) is 24.6. The fourth-order valence-corrected chi connectivity index (χ4v) is 5.03. The quantitative estimate of drug-likeness (QED) is 0.362. The van der Waals surface area contributed by atoms with E-state index in [9.17, 15) is 14.7 Å². The van der Waals surface area contributed by atoms with Crippen molar-refractivity contribution in [1.82, 2.24) is 4.90 Å². The predicted octanol–water partition coefficient (Wildman–Crippen LogP) is 5.21. The molecule has 2 aliphatic rings. The first kappa shape index (κ1) is 23.9. The third kappa shape index (κ3) is 4.41. The number of hydrogen-bond acceptors (Lipinski definition) is 5. The number of ketones is 1. The van der Waals surface area contributed by atoms with Crippen LogP contribution in [0, 0.1) is 6.92 Å². The van der Waals surface area contributed by atoms with E-state index in [1.807, 2.05) is 70.1 Å². The standard InChI is InChI=1S/C28H34N2O4/c1-17(2)34-23-15-12-20(16-18(23)3)26(31)24-25(19-10-13-21(14-11-19)29(4)5)30(28(33)27(24)32)22-8-6-7-9-22/h10-17,22,25,31H,6-9H2,1-5H3/b26-24-. The second kappa shape index (κ2) is 9.53. The van der Waals surface area contributed by atoms with Crippen LogP contribution in [0.25, 0.3) is 5.76 Å². The minimum absolute atomic E-state index is 0.00355. The molecule has 1 amide bonds. The van der Waals surface area contributed by atoms with E-state index in [0.717, 1.165) is 48.2 Å². The van der Waals surface area contributed by atoms with E-state index >= 15 is 0 Å². The molecule has 4 rings (SSSR count). The van der Waals surface area contributed by atoms with Gasteiger partial charge in [0.2, 0.25) is 0 Å². The maximum absolute atomic E-state index is 13.3. The average molecular weight is 463 g/mol. The number of aryl methyl sites for hydroxylation is 1. The van der Waals surface area contributed by atoms with Gasteiger partial charge < -0.3 is 19.6 Å². The number of ether oxygens (including phenoxy) is 1. The summed E-state index contributed by atoms with van der Waals surface area (Å²) in [5.41, 5.74) is 3.38. The van der Waals surface area contributed by atoms with Crippen molar-refractivity contribution >= 4 is 23.1 Å². The van der Waals surface area contributed by atoms with E-state index in [4.69, 9.17) is 4.74 Å². The van der Waals surface area contributed by atoms with Crippen LogP contribution in [0.15, 0.2) is 48.0 Å². The summed E-state index contributed by atoms with van der Waals surface area (Å²) >= 11 is 0. The van der Waals surface area contributed by atoms with E-state index < -0.39 is 17.7 Å². The van der Waals surface area contributed by atoms with E-state index in [2.05, 4.69) is 0 Å². The minimum atomic E-state index is -0.619. The smallest absolute Gasteiger partial charge is 0.295 e. The highest BCUT2D eigenvalue weighted by molar-refractivity contribution is 6.46. The molecule has 2 fully saturated rings. The van der Waals surface area contributed by atoms with Crippen molar-refractivity contribution in [3.8, 4) is 5.75 Å². The third-order valence-corrected chi connectivity index (χ3v) is 6.73. The molecule has 0 spiro atoms. The van der Waals surface area contributed by atoms with E-state index in [0.29, 0.717) is 5.56 Å². The molecule has 34 heavy (non-hydrogen) atoms. The van der Waals surface area contributed by atoms with Gasteiger partial charge in [0.05, 0.1) is 17.7 Å². The molecular weight excluding hydrogens is 428 g/mol. The van der Waals surface area contributed by atoms with Gasteiger partial charge in [-0.05, 0) is 75.1 Å². The Kier molecular flexibility index (Phi) is 6.69. The normalized spacial score (nSPS) is 20.4. The van der Waals surface area contributed by atoms with Gasteiger partial charge in [0.1, 0.15) is 11.5 Å². The third-order valence-electron chi connectivity index (χ3n) is 6.73. The zero-order valence-corrected chi connectivity index (χ0v) is 20.7. The largest absolute Gasteiger partial charge is 0.507 e. The molecule has 1 aliphatic heterocycles. The molecule has 1 atom stereocenters. The Labute approximate surface area is 201 Å². The number of nitrogens with zero attached hydrogens (tertiary/aromatic N) is 2. The highest BCUT2D eigenvalue weighted by Crippen LogP contribution is 2.44. The van der Waals surface area contributed by atoms with Gasteiger partial charge >= 0.3 is 0 Å². The monoisotopic (exact) mass is 462 g/mol. The number of amides is 1. The lowest BCUT2D eigenvalue weighted by molar-refractivity contribution is -0.141. The van der Waals surface area contributed by atoms with Gasteiger partial charge in [-0.25, -0.2) is 0 Å². The maximum atomic E-state index is 13.3. The Morgan fingerprint density at radius 1 is 1.06 bits per heavy atom. The Bertz CT molecular complexity index is 1110. The predicted molar refractivity (Wildman–Crippen MR) is 134 cm³/mol. The molecule has 1 unspecified atom stereocenters. The van der Waals surface area contributed by atoms with Gasteiger partial charge in [-0.2, -0.15) is 0 Å². The topological polar surface area (TPSA) is 70.1 Å². The van der Waals surface area contributed by atoms with Gasteiger partial charge in [-0.15, -0.1) is 0 Å². The second-order valence-electron chi connectivity index (χ2n) is 9.78. The number of likely N-dealkylation sites (tertiary alicyclic amines) is 1. The highest BCUT2D eigenvalue weighted by Gasteiger charge is 2.49. The SMILES string of the molecule is Cc1cc(/C(O)=C2/C(=O)C(=O)N(C3CCCC3)C2c2ccc(N(C)C)cc2)ccc1OC(C)C. The molecule has 1 saturated carbocycles. The summed E-state index contributed by atoms with van der Waals surface area (Å²) in [6.07, 6.45) is 3.85. The lowest BCUT2D eigenvalue weighted by Gasteiger charge is -2.31. The Hall–Kier alpha value is -3.28. The summed E-state index contributed by atoms with van der Waals surface area (Å²) in [6, 6.07) is 12.6. The highest BCUT2D eigenvalue weighted by atomic mass is 16.5. The van der Waals surface area contributed by atoms with E-state index in [1.54, 1.807) is 17.0 Å². The van der Waals surface area contributed by atoms with Crippen molar-refractivity contribution < 1.29 is 19.4 Å². The molecule has 6 nitrogen and oxygen atoms in total. The van der Waals surface area contributed by atoms with Crippen LogP contribution in [0.1, 0.15) is 62.3 Å². The number of aliphatic hydroxyl groups is 1. The Morgan fingerprint density at radius 2 is 1.71 bits per heavy atom. The van der Waals surface area contributed by atoms with Gasteiger partial charge in [0.15, 0.2) is 0 Å². The first-order valence-corrected chi connectivity index (χ1v) is 12.0. The molecule has 0 bridgehead atoms. The van der Waals surface area contributed by atoms with E-state index in [1.165, 1.54) is 0 Å². The summed E-state index contributed by atoms with van der Waals surface area (Å²) in [7, 11) is 3.93. The summed E-state index contributed by atoms with van der Waals surface area (Å²) < 4.78 is 5.82. The molecule has 180 valence electrons. The number of carbonyl (C=O) groups is 2. The molecule has 1 saturated heterocycles. The molecule has 0 aromatic heterocycles. The number of benzene rings is 2. The molecule has 1 N–H and O–H groups in total. The maximum Gasteiger partial charge on any atom is 0.295 e. The van der Waals surface area contributed by atoms with Crippen molar-refractivity contribution in [1.29, 1.82) is 0 Å². The summed E-state index contributed by atoms with van der Waals surface area (Å²) in [5.74, 6) is -0.550. The van der Waals surface area contributed by atoms with Crippen LogP contribution in [-0.4, -0.2) is 47.9 Å². The lowest BCUT2D eigenvalue weighted by atomic mass is 9.94. The number of Topliss-reactive ketones (excluding diaryl/α,β-unsaturated/α-hetero) is 1. The molecule has 1 aliphatic carbocycles. The Balaban J connectivity index is 1.82. The van der Waals surface area contributed by atoms with Crippen molar-refractivity contribution in [3.05, 3.63) is 64.7 Å². The van der Waals surface area contributed by atoms with Crippen LogP contribution in [0.5, 0.6) is 5.75 Å². The van der Waals surface area contributed by atoms with Crippen LogP contribution >= 0.6 is 0 Å². The van der Waals surface area contributed by atoms with Crippen molar-refractivity contribution in [2.24, 2.45) is 0 Å². The molecule has 6 heteroatoms. The zero-order valence-electron chi connectivity index (χ0n) is 20.7. The van der Waals surface area contributed by atoms with E-state index in [-0.39, 0.29) is 23.5 Å². The average Bonchev–Trinajstić information content (AvgIpc) is 3.41. The first-order chi connectivity index (χ1) is 16.2. The summed E-state index contributed by atoms with van der Waals surface area (Å²) in [6.45, 7) is 5.82. The number of rotatable bonds is 6. The van der Waals surface area contributed by atoms with Gasteiger partial charge in [0, 0.05) is 31.4 Å².